The van der Waals surface area contributed by atoms with Gasteiger partial charge in [-0.1, -0.05) is 53.6 Å². The number of piperazine rings is 1. The van der Waals surface area contributed by atoms with Crippen molar-refractivity contribution in [3.8, 4) is 11.8 Å². The van der Waals surface area contributed by atoms with E-state index >= 15 is 0 Å². The molecule has 34 heavy (non-hydrogen) atoms. The van der Waals surface area contributed by atoms with Gasteiger partial charge in [0.05, 0.1) is 23.9 Å². The Morgan fingerprint density at radius 3 is 2.53 bits per heavy atom. The maximum Gasteiger partial charge on any atom is 0.120 e. The highest BCUT2D eigenvalue weighted by Crippen LogP contribution is 2.35. The van der Waals surface area contributed by atoms with Crippen LogP contribution < -0.4 is 9.64 Å². The van der Waals surface area contributed by atoms with Crippen LogP contribution in [0.15, 0.2) is 66.7 Å². The Morgan fingerprint density at radius 2 is 1.82 bits per heavy atom. The maximum atomic E-state index is 9.86. The van der Waals surface area contributed by atoms with E-state index in [4.69, 9.17) is 21.4 Å². The highest BCUT2D eigenvalue weighted by molar-refractivity contribution is 6.30. The SMILES string of the molecule is Cc1ccc(CCN2CCN(c3ccc(OCCO)cc3C#N)[C@H](c3ccc(Cl)cc3)C2)cc1. The standard InChI is InChI=1S/C28H30ClN3O2/c1-21-2-4-22(5-3-21)12-13-31-14-15-32(28(20-31)23-6-8-25(29)9-7-23)27-11-10-26(34-17-16-33)18-24(27)19-30/h2-11,18,28,33H,12-17,20H2,1H3/t28-/m0/s1. The van der Waals surface area contributed by atoms with Gasteiger partial charge in [0.2, 0.25) is 0 Å². The van der Waals surface area contributed by atoms with Gasteiger partial charge in [-0.15, -0.1) is 0 Å². The van der Waals surface area contributed by atoms with Crippen LogP contribution >= 0.6 is 11.6 Å². The van der Waals surface area contributed by atoms with Crippen LogP contribution in [0.4, 0.5) is 5.69 Å². The summed E-state index contributed by atoms with van der Waals surface area (Å²) in [6.07, 6.45) is 1.01. The number of aliphatic hydroxyl groups excluding tert-OH is 1. The molecular weight excluding hydrogens is 446 g/mol. The number of aliphatic hydroxyl groups is 1. The van der Waals surface area contributed by atoms with Crippen LogP contribution in [0.1, 0.15) is 28.3 Å². The minimum atomic E-state index is -0.0627. The highest BCUT2D eigenvalue weighted by Gasteiger charge is 2.30. The number of rotatable bonds is 8. The molecule has 5 nitrogen and oxygen atoms in total. The summed E-state index contributed by atoms with van der Waals surface area (Å²) in [5.74, 6) is 0.592. The zero-order chi connectivity index (χ0) is 23.9. The number of nitriles is 1. The van der Waals surface area contributed by atoms with E-state index in [1.165, 1.54) is 16.7 Å². The molecule has 176 valence electrons. The van der Waals surface area contributed by atoms with Crippen molar-refractivity contribution in [1.82, 2.24) is 4.90 Å². The van der Waals surface area contributed by atoms with E-state index < -0.39 is 0 Å². The van der Waals surface area contributed by atoms with Gasteiger partial charge in [0.15, 0.2) is 0 Å². The van der Waals surface area contributed by atoms with Crippen LogP contribution in [0.25, 0.3) is 0 Å². The molecule has 4 rings (SSSR count). The maximum absolute atomic E-state index is 9.86. The van der Waals surface area contributed by atoms with Gasteiger partial charge in [0, 0.05) is 31.2 Å². The van der Waals surface area contributed by atoms with Crippen molar-refractivity contribution in [2.75, 3.05) is 44.3 Å². The summed E-state index contributed by atoms with van der Waals surface area (Å²) in [5, 5.41) is 19.6. The third-order valence-corrected chi connectivity index (χ3v) is 6.57. The Balaban J connectivity index is 1.56. The Kier molecular flexibility index (Phi) is 8.08. The van der Waals surface area contributed by atoms with Crippen molar-refractivity contribution in [2.45, 2.75) is 19.4 Å². The van der Waals surface area contributed by atoms with Crippen LogP contribution in [-0.4, -0.2) is 49.4 Å². The summed E-state index contributed by atoms with van der Waals surface area (Å²) >= 11 is 6.17. The van der Waals surface area contributed by atoms with Crippen molar-refractivity contribution in [3.05, 3.63) is 94.0 Å². The first kappa shape index (κ1) is 24.1. The fourth-order valence-electron chi connectivity index (χ4n) is 4.45. The zero-order valence-corrected chi connectivity index (χ0v) is 20.2. The van der Waals surface area contributed by atoms with Gasteiger partial charge in [-0.2, -0.15) is 5.26 Å². The Bertz CT molecular complexity index is 1130. The molecule has 1 aliphatic rings. The summed E-state index contributed by atoms with van der Waals surface area (Å²) in [5.41, 5.74) is 5.27. The molecule has 0 bridgehead atoms. The molecule has 1 N–H and O–H groups in total. The molecule has 6 heteroatoms. The van der Waals surface area contributed by atoms with E-state index in [0.717, 1.165) is 38.3 Å². The van der Waals surface area contributed by atoms with Crippen LogP contribution in [0.5, 0.6) is 5.75 Å². The minimum absolute atomic E-state index is 0.0627. The number of halogens is 1. The molecule has 1 aliphatic heterocycles. The first-order chi connectivity index (χ1) is 16.6. The molecule has 1 fully saturated rings. The molecule has 1 atom stereocenters. The van der Waals surface area contributed by atoms with Gasteiger partial charge in [-0.3, -0.25) is 4.90 Å². The third-order valence-electron chi connectivity index (χ3n) is 6.31. The van der Waals surface area contributed by atoms with E-state index in [1.807, 2.05) is 24.3 Å². The lowest BCUT2D eigenvalue weighted by Gasteiger charge is -2.43. The zero-order valence-electron chi connectivity index (χ0n) is 19.5. The lowest BCUT2D eigenvalue weighted by atomic mass is 9.99. The predicted octanol–water partition coefficient (Wildman–Crippen LogP) is 5.00. The molecule has 0 aromatic heterocycles. The summed E-state index contributed by atoms with van der Waals surface area (Å²) in [7, 11) is 0. The fraction of sp³-hybridized carbons (Fsp3) is 0.321. The number of aryl methyl sites for hydroxylation is 1. The first-order valence-electron chi connectivity index (χ1n) is 11.6. The molecular formula is C28H30ClN3O2. The summed E-state index contributed by atoms with van der Waals surface area (Å²) in [6, 6.07) is 24.8. The topological polar surface area (TPSA) is 59.7 Å². The monoisotopic (exact) mass is 475 g/mol. The molecule has 0 amide bonds. The van der Waals surface area contributed by atoms with Crippen LogP contribution in [0, 0.1) is 18.3 Å². The Hall–Kier alpha value is -3.04. The van der Waals surface area contributed by atoms with Gasteiger partial charge < -0.3 is 14.7 Å². The van der Waals surface area contributed by atoms with E-state index in [9.17, 15) is 5.26 Å². The molecule has 3 aromatic rings. The molecule has 0 radical (unpaired) electrons. The van der Waals surface area contributed by atoms with E-state index in [0.29, 0.717) is 16.3 Å². The second-order valence-electron chi connectivity index (χ2n) is 8.66. The molecule has 0 unspecified atom stereocenters. The van der Waals surface area contributed by atoms with Crippen molar-refractivity contribution in [2.24, 2.45) is 0 Å². The number of hydrogen-bond donors (Lipinski definition) is 1. The number of hydrogen-bond acceptors (Lipinski definition) is 5. The number of anilines is 1. The van der Waals surface area contributed by atoms with Crippen LogP contribution in [0.2, 0.25) is 5.02 Å². The second-order valence-corrected chi connectivity index (χ2v) is 9.10. The van der Waals surface area contributed by atoms with E-state index in [-0.39, 0.29) is 19.3 Å². The molecule has 1 heterocycles. The largest absolute Gasteiger partial charge is 0.491 e. The highest BCUT2D eigenvalue weighted by atomic mass is 35.5. The van der Waals surface area contributed by atoms with Gasteiger partial charge in [-0.05, 0) is 54.8 Å². The summed E-state index contributed by atoms with van der Waals surface area (Å²) in [4.78, 5) is 4.82. The average molecular weight is 476 g/mol. The number of nitrogens with zero attached hydrogens (tertiary/aromatic N) is 3. The molecule has 0 aliphatic carbocycles. The predicted molar refractivity (Wildman–Crippen MR) is 137 cm³/mol. The molecule has 0 spiro atoms. The van der Waals surface area contributed by atoms with Crippen LogP contribution in [0.3, 0.4) is 0 Å². The lowest BCUT2D eigenvalue weighted by Crippen LogP contribution is -2.49. The van der Waals surface area contributed by atoms with Crippen molar-refractivity contribution < 1.29 is 9.84 Å². The Morgan fingerprint density at radius 1 is 1.06 bits per heavy atom. The smallest absolute Gasteiger partial charge is 0.120 e. The third kappa shape index (κ3) is 5.90. The average Bonchev–Trinajstić information content (AvgIpc) is 2.87. The van der Waals surface area contributed by atoms with E-state index in [1.54, 1.807) is 6.07 Å². The Labute approximate surface area is 206 Å². The quantitative estimate of drug-likeness (QED) is 0.497. The van der Waals surface area contributed by atoms with Crippen molar-refractivity contribution in [1.29, 1.82) is 5.26 Å². The van der Waals surface area contributed by atoms with Gasteiger partial charge in [0.1, 0.15) is 18.4 Å². The number of ether oxygens (including phenoxy) is 1. The number of benzene rings is 3. The second kappa shape index (κ2) is 11.4. The normalized spacial score (nSPS) is 16.3. The van der Waals surface area contributed by atoms with Crippen molar-refractivity contribution >= 4 is 17.3 Å². The summed E-state index contributed by atoms with van der Waals surface area (Å²) in [6.45, 7) is 5.84. The minimum Gasteiger partial charge on any atom is -0.491 e. The van der Waals surface area contributed by atoms with E-state index in [2.05, 4.69) is 59.2 Å². The van der Waals surface area contributed by atoms with Crippen LogP contribution in [-0.2, 0) is 6.42 Å². The summed E-state index contributed by atoms with van der Waals surface area (Å²) < 4.78 is 5.52. The van der Waals surface area contributed by atoms with Gasteiger partial charge in [-0.25, -0.2) is 0 Å². The van der Waals surface area contributed by atoms with Crippen molar-refractivity contribution in [3.63, 3.8) is 0 Å². The molecule has 1 saturated heterocycles. The lowest BCUT2D eigenvalue weighted by molar-refractivity contribution is 0.201. The first-order valence-corrected chi connectivity index (χ1v) is 12.0. The fourth-order valence-corrected chi connectivity index (χ4v) is 4.58. The van der Waals surface area contributed by atoms with Gasteiger partial charge in [0.25, 0.3) is 0 Å². The van der Waals surface area contributed by atoms with Gasteiger partial charge >= 0.3 is 0 Å². The molecule has 0 saturated carbocycles. The molecule has 3 aromatic carbocycles.